The zero-order valence-corrected chi connectivity index (χ0v) is 9.14. The van der Waals surface area contributed by atoms with E-state index in [0.717, 1.165) is 18.1 Å². The summed E-state index contributed by atoms with van der Waals surface area (Å²) < 4.78 is 0. The molecule has 0 amide bonds. The topological polar surface area (TPSA) is 24.9 Å². The molecule has 1 atom stereocenters. The van der Waals surface area contributed by atoms with Gasteiger partial charge in [0.25, 0.3) is 0 Å². The second-order valence-electron chi connectivity index (χ2n) is 3.90. The molecule has 0 saturated carbocycles. The largest absolute Gasteiger partial charge is 0.316 e. The van der Waals surface area contributed by atoms with Crippen molar-refractivity contribution in [2.45, 2.75) is 25.7 Å². The molecule has 3 heteroatoms. The Balaban J connectivity index is 2.22. The number of nitrogens with one attached hydrogen (secondary N) is 1. The number of piperidine rings is 1. The monoisotopic (exact) mass is 210 g/mol. The molecule has 1 aromatic heterocycles. The van der Waals surface area contributed by atoms with Crippen molar-refractivity contribution in [2.75, 3.05) is 13.1 Å². The van der Waals surface area contributed by atoms with Crippen molar-refractivity contribution in [1.29, 1.82) is 0 Å². The highest BCUT2D eigenvalue weighted by Gasteiger charge is 2.17. The van der Waals surface area contributed by atoms with Crippen LogP contribution >= 0.6 is 11.6 Å². The standard InChI is InChI=1S/C11H15ClN2/c1-8-5-10(12)7-14-11(8)9-3-2-4-13-6-9/h5,7,9,13H,2-4,6H2,1H3/t9-/m0/s1. The van der Waals surface area contributed by atoms with Crippen molar-refractivity contribution in [2.24, 2.45) is 0 Å². The second-order valence-corrected chi connectivity index (χ2v) is 4.34. The molecule has 0 bridgehead atoms. The maximum absolute atomic E-state index is 5.88. The zero-order valence-electron chi connectivity index (χ0n) is 8.39. The Morgan fingerprint density at radius 2 is 2.43 bits per heavy atom. The zero-order chi connectivity index (χ0) is 9.97. The van der Waals surface area contributed by atoms with Crippen LogP contribution in [0.3, 0.4) is 0 Å². The van der Waals surface area contributed by atoms with E-state index in [9.17, 15) is 0 Å². The molecule has 0 unspecified atom stereocenters. The molecule has 2 heterocycles. The van der Waals surface area contributed by atoms with Crippen LogP contribution in [0.1, 0.15) is 30.0 Å². The third kappa shape index (κ3) is 2.07. The summed E-state index contributed by atoms with van der Waals surface area (Å²) in [6.45, 7) is 4.28. The van der Waals surface area contributed by atoms with E-state index in [1.165, 1.54) is 24.1 Å². The summed E-state index contributed by atoms with van der Waals surface area (Å²) in [5.41, 5.74) is 2.42. The lowest BCUT2D eigenvalue weighted by Crippen LogP contribution is -2.29. The van der Waals surface area contributed by atoms with Gasteiger partial charge in [0.1, 0.15) is 0 Å². The third-order valence-electron chi connectivity index (χ3n) is 2.77. The fourth-order valence-electron chi connectivity index (χ4n) is 2.06. The van der Waals surface area contributed by atoms with Gasteiger partial charge < -0.3 is 5.32 Å². The number of halogens is 1. The first kappa shape index (κ1) is 9.94. The van der Waals surface area contributed by atoms with Crippen LogP contribution in [-0.2, 0) is 0 Å². The van der Waals surface area contributed by atoms with Gasteiger partial charge in [-0.25, -0.2) is 0 Å². The molecule has 0 aliphatic carbocycles. The minimum absolute atomic E-state index is 0.570. The molecule has 1 aromatic rings. The van der Waals surface area contributed by atoms with Gasteiger partial charge in [0.15, 0.2) is 0 Å². The molecule has 1 saturated heterocycles. The number of hydrogen-bond acceptors (Lipinski definition) is 2. The molecule has 0 aromatic carbocycles. The van der Waals surface area contributed by atoms with E-state index in [-0.39, 0.29) is 0 Å². The summed E-state index contributed by atoms with van der Waals surface area (Å²) in [5, 5.41) is 4.13. The van der Waals surface area contributed by atoms with Crippen LogP contribution in [0.5, 0.6) is 0 Å². The van der Waals surface area contributed by atoms with Crippen molar-refractivity contribution in [3.63, 3.8) is 0 Å². The summed E-state index contributed by atoms with van der Waals surface area (Å²) in [4.78, 5) is 4.43. The van der Waals surface area contributed by atoms with Gasteiger partial charge in [-0.05, 0) is 37.9 Å². The van der Waals surface area contributed by atoms with Crippen LogP contribution in [-0.4, -0.2) is 18.1 Å². The van der Waals surface area contributed by atoms with Gasteiger partial charge >= 0.3 is 0 Å². The van der Waals surface area contributed by atoms with E-state index < -0.39 is 0 Å². The third-order valence-corrected chi connectivity index (χ3v) is 2.98. The summed E-state index contributed by atoms with van der Waals surface area (Å²) in [6.07, 6.45) is 4.23. The number of nitrogens with zero attached hydrogens (tertiary/aromatic N) is 1. The van der Waals surface area contributed by atoms with Crippen LogP contribution in [0.2, 0.25) is 5.02 Å². The minimum Gasteiger partial charge on any atom is -0.316 e. The Bertz CT molecular complexity index is 319. The van der Waals surface area contributed by atoms with Crippen molar-refractivity contribution in [3.8, 4) is 0 Å². The molecule has 0 spiro atoms. The van der Waals surface area contributed by atoms with E-state index in [1.807, 2.05) is 6.07 Å². The molecule has 0 radical (unpaired) electrons. The fourth-order valence-corrected chi connectivity index (χ4v) is 2.28. The molecule has 1 aliphatic rings. The highest BCUT2D eigenvalue weighted by Crippen LogP contribution is 2.25. The van der Waals surface area contributed by atoms with Gasteiger partial charge in [-0.2, -0.15) is 0 Å². The average molecular weight is 211 g/mol. The van der Waals surface area contributed by atoms with Gasteiger partial charge in [0, 0.05) is 24.4 Å². The van der Waals surface area contributed by atoms with Crippen molar-refractivity contribution in [1.82, 2.24) is 10.3 Å². The lowest BCUT2D eigenvalue weighted by Gasteiger charge is -2.23. The number of pyridine rings is 1. The highest BCUT2D eigenvalue weighted by atomic mass is 35.5. The maximum atomic E-state index is 5.88. The number of rotatable bonds is 1. The minimum atomic E-state index is 0.570. The quantitative estimate of drug-likeness (QED) is 0.771. The van der Waals surface area contributed by atoms with Gasteiger partial charge in [0.05, 0.1) is 5.02 Å². The Hall–Kier alpha value is -0.600. The average Bonchev–Trinajstić information content (AvgIpc) is 2.19. The summed E-state index contributed by atoms with van der Waals surface area (Å²) in [7, 11) is 0. The molecular formula is C11H15ClN2. The fraction of sp³-hybridized carbons (Fsp3) is 0.545. The van der Waals surface area contributed by atoms with Crippen molar-refractivity contribution in [3.05, 3.63) is 28.5 Å². The summed E-state index contributed by atoms with van der Waals surface area (Å²) in [6, 6.07) is 2.00. The smallest absolute Gasteiger partial charge is 0.0592 e. The predicted molar refractivity (Wildman–Crippen MR) is 58.8 cm³/mol. The van der Waals surface area contributed by atoms with Crippen molar-refractivity contribution >= 4 is 11.6 Å². The molecule has 1 fully saturated rings. The second kappa shape index (κ2) is 4.28. The van der Waals surface area contributed by atoms with E-state index in [1.54, 1.807) is 6.20 Å². The molecule has 1 aliphatic heterocycles. The molecule has 14 heavy (non-hydrogen) atoms. The summed E-state index contributed by atoms with van der Waals surface area (Å²) in [5.74, 6) is 0.570. The molecule has 1 N–H and O–H groups in total. The first-order valence-corrected chi connectivity index (χ1v) is 5.48. The normalized spacial score (nSPS) is 22.3. The highest BCUT2D eigenvalue weighted by molar-refractivity contribution is 6.30. The van der Waals surface area contributed by atoms with Crippen molar-refractivity contribution < 1.29 is 0 Å². The van der Waals surface area contributed by atoms with Crippen LogP contribution in [0.4, 0.5) is 0 Å². The molecule has 2 nitrogen and oxygen atoms in total. The van der Waals surface area contributed by atoms with Crippen LogP contribution in [0.25, 0.3) is 0 Å². The van der Waals surface area contributed by atoms with Crippen LogP contribution < -0.4 is 5.32 Å². The van der Waals surface area contributed by atoms with Gasteiger partial charge in [-0.1, -0.05) is 11.6 Å². The lowest BCUT2D eigenvalue weighted by molar-refractivity contribution is 0.453. The van der Waals surface area contributed by atoms with Crippen LogP contribution in [0, 0.1) is 6.92 Å². The molecule has 76 valence electrons. The van der Waals surface area contributed by atoms with Gasteiger partial charge in [0.2, 0.25) is 0 Å². The first-order chi connectivity index (χ1) is 6.77. The maximum Gasteiger partial charge on any atom is 0.0592 e. The first-order valence-electron chi connectivity index (χ1n) is 5.10. The Morgan fingerprint density at radius 3 is 3.07 bits per heavy atom. The Morgan fingerprint density at radius 1 is 1.57 bits per heavy atom. The molecular weight excluding hydrogens is 196 g/mol. The number of aryl methyl sites for hydroxylation is 1. The van der Waals surface area contributed by atoms with E-state index >= 15 is 0 Å². The lowest BCUT2D eigenvalue weighted by atomic mass is 9.93. The van der Waals surface area contributed by atoms with E-state index in [2.05, 4.69) is 17.2 Å². The SMILES string of the molecule is Cc1cc(Cl)cnc1[C@H]1CCCNC1. The van der Waals surface area contributed by atoms with E-state index in [0.29, 0.717) is 5.92 Å². The number of hydrogen-bond donors (Lipinski definition) is 1. The number of aromatic nitrogens is 1. The van der Waals surface area contributed by atoms with Gasteiger partial charge in [-0.15, -0.1) is 0 Å². The van der Waals surface area contributed by atoms with E-state index in [4.69, 9.17) is 11.6 Å². The van der Waals surface area contributed by atoms with Crippen LogP contribution in [0.15, 0.2) is 12.3 Å². The predicted octanol–water partition coefficient (Wildman–Crippen LogP) is 2.51. The van der Waals surface area contributed by atoms with Gasteiger partial charge in [-0.3, -0.25) is 4.98 Å². The Labute approximate surface area is 89.7 Å². The Kier molecular flexibility index (Phi) is 3.04. The summed E-state index contributed by atoms with van der Waals surface area (Å²) >= 11 is 5.88. The molecule has 2 rings (SSSR count).